The van der Waals surface area contributed by atoms with Gasteiger partial charge in [-0.3, -0.25) is 9.59 Å². The van der Waals surface area contributed by atoms with Crippen LogP contribution in [0.2, 0.25) is 0 Å². The number of carbonyl (C=O) groups excluding carboxylic acids is 2. The Labute approximate surface area is 180 Å². The summed E-state index contributed by atoms with van der Waals surface area (Å²) in [6.07, 6.45) is 1.51. The molecule has 0 saturated carbocycles. The number of rotatable bonds is 7. The fourth-order valence-corrected chi connectivity index (χ4v) is 2.86. The molecule has 0 atom stereocenters. The Bertz CT molecular complexity index is 1110. The first-order valence-corrected chi connectivity index (χ1v) is 9.53. The highest BCUT2D eigenvalue weighted by Crippen LogP contribution is 2.26. The van der Waals surface area contributed by atoms with Crippen molar-refractivity contribution < 1.29 is 19.1 Å². The Balaban J connectivity index is 1.59. The standard InChI is InChI=1S/C24H23N3O4/c1-16-5-4-6-19(13-16)23(28)26-20-10-8-18(9-11-20)24(29)27-25-15-17-7-12-21(30-2)22(14-17)31-3/h4-15H,1-3H3,(H,26,28)(H,27,29)/b25-15+. The van der Waals surface area contributed by atoms with E-state index >= 15 is 0 Å². The maximum Gasteiger partial charge on any atom is 0.271 e. The monoisotopic (exact) mass is 417 g/mol. The van der Waals surface area contributed by atoms with Crippen molar-refractivity contribution in [2.24, 2.45) is 5.10 Å². The van der Waals surface area contributed by atoms with Crippen LogP contribution in [0.4, 0.5) is 5.69 Å². The topological polar surface area (TPSA) is 89.0 Å². The molecular formula is C24H23N3O4. The van der Waals surface area contributed by atoms with Gasteiger partial charge in [-0.1, -0.05) is 17.7 Å². The van der Waals surface area contributed by atoms with Crippen LogP contribution in [-0.4, -0.2) is 32.2 Å². The normalized spacial score (nSPS) is 10.5. The van der Waals surface area contributed by atoms with Gasteiger partial charge >= 0.3 is 0 Å². The fourth-order valence-electron chi connectivity index (χ4n) is 2.86. The maximum absolute atomic E-state index is 12.3. The summed E-state index contributed by atoms with van der Waals surface area (Å²) in [5, 5.41) is 6.79. The highest BCUT2D eigenvalue weighted by molar-refractivity contribution is 6.04. The molecule has 7 heteroatoms. The van der Waals surface area contributed by atoms with Crippen molar-refractivity contribution in [3.8, 4) is 11.5 Å². The second kappa shape index (κ2) is 10.1. The van der Waals surface area contributed by atoms with Gasteiger partial charge in [0.15, 0.2) is 11.5 Å². The van der Waals surface area contributed by atoms with Crippen LogP contribution in [0.15, 0.2) is 71.8 Å². The molecule has 0 aromatic heterocycles. The first kappa shape index (κ1) is 21.6. The molecule has 2 amide bonds. The summed E-state index contributed by atoms with van der Waals surface area (Å²) in [5.41, 5.74) is 5.81. The van der Waals surface area contributed by atoms with Crippen LogP contribution >= 0.6 is 0 Å². The number of nitrogens with one attached hydrogen (secondary N) is 2. The number of amides is 2. The number of nitrogens with zero attached hydrogens (tertiary/aromatic N) is 1. The molecule has 3 aromatic rings. The average molecular weight is 417 g/mol. The molecule has 158 valence electrons. The molecule has 0 heterocycles. The first-order valence-electron chi connectivity index (χ1n) is 9.53. The van der Waals surface area contributed by atoms with Crippen molar-refractivity contribution in [3.63, 3.8) is 0 Å². The first-order chi connectivity index (χ1) is 15.0. The summed E-state index contributed by atoms with van der Waals surface area (Å²) in [5.74, 6) is 0.605. The van der Waals surface area contributed by atoms with Gasteiger partial charge in [0, 0.05) is 16.8 Å². The molecule has 31 heavy (non-hydrogen) atoms. The van der Waals surface area contributed by atoms with E-state index in [-0.39, 0.29) is 11.8 Å². The number of ether oxygens (including phenoxy) is 2. The molecule has 0 aliphatic carbocycles. The molecule has 2 N–H and O–H groups in total. The van der Waals surface area contributed by atoms with Gasteiger partial charge in [-0.05, 0) is 67.1 Å². The molecule has 3 aromatic carbocycles. The average Bonchev–Trinajstić information content (AvgIpc) is 2.79. The summed E-state index contributed by atoms with van der Waals surface area (Å²) in [6.45, 7) is 1.93. The van der Waals surface area contributed by atoms with Crippen LogP contribution in [0.5, 0.6) is 11.5 Å². The van der Waals surface area contributed by atoms with Crippen molar-refractivity contribution >= 4 is 23.7 Å². The van der Waals surface area contributed by atoms with Crippen molar-refractivity contribution in [3.05, 3.63) is 89.0 Å². The summed E-state index contributed by atoms with van der Waals surface area (Å²) >= 11 is 0. The molecule has 0 saturated heterocycles. The molecule has 0 aliphatic rings. The molecule has 0 radical (unpaired) electrons. The Morgan fingerprint density at radius 1 is 0.839 bits per heavy atom. The van der Waals surface area contributed by atoms with E-state index in [4.69, 9.17) is 9.47 Å². The summed E-state index contributed by atoms with van der Waals surface area (Å²) in [6, 6.07) is 19.2. The number of benzene rings is 3. The molecule has 0 spiro atoms. The molecular weight excluding hydrogens is 394 g/mol. The van der Waals surface area contributed by atoms with E-state index in [1.54, 1.807) is 62.8 Å². The summed E-state index contributed by atoms with van der Waals surface area (Å²) in [4.78, 5) is 24.6. The molecule has 0 aliphatic heterocycles. The van der Waals surface area contributed by atoms with Gasteiger partial charge in [-0.2, -0.15) is 5.10 Å². The zero-order valence-corrected chi connectivity index (χ0v) is 17.5. The van der Waals surface area contributed by atoms with Gasteiger partial charge < -0.3 is 14.8 Å². The Hall–Kier alpha value is -4.13. The lowest BCUT2D eigenvalue weighted by Gasteiger charge is -2.07. The van der Waals surface area contributed by atoms with Gasteiger partial charge in [-0.15, -0.1) is 0 Å². The number of hydrogen-bond donors (Lipinski definition) is 2. The van der Waals surface area contributed by atoms with Crippen LogP contribution in [-0.2, 0) is 0 Å². The van der Waals surface area contributed by atoms with Crippen LogP contribution in [0.1, 0.15) is 31.8 Å². The number of hydrogen-bond acceptors (Lipinski definition) is 5. The SMILES string of the molecule is COc1ccc(/C=N/NC(=O)c2ccc(NC(=O)c3cccc(C)c3)cc2)cc1OC. The third-order valence-electron chi connectivity index (χ3n) is 4.47. The third kappa shape index (κ3) is 5.70. The second-order valence-corrected chi connectivity index (χ2v) is 6.71. The highest BCUT2D eigenvalue weighted by atomic mass is 16.5. The van der Waals surface area contributed by atoms with Crippen LogP contribution < -0.4 is 20.2 Å². The van der Waals surface area contributed by atoms with Gasteiger partial charge in [0.05, 0.1) is 20.4 Å². The van der Waals surface area contributed by atoms with Crippen LogP contribution in [0.25, 0.3) is 0 Å². The number of hydrazone groups is 1. The van der Waals surface area contributed by atoms with Crippen molar-refractivity contribution in [2.75, 3.05) is 19.5 Å². The van der Waals surface area contributed by atoms with E-state index in [0.29, 0.717) is 28.3 Å². The lowest BCUT2D eigenvalue weighted by Crippen LogP contribution is -2.18. The smallest absolute Gasteiger partial charge is 0.271 e. The maximum atomic E-state index is 12.3. The van der Waals surface area contributed by atoms with Gasteiger partial charge in [-0.25, -0.2) is 5.43 Å². The Morgan fingerprint density at radius 3 is 2.26 bits per heavy atom. The van der Waals surface area contributed by atoms with Crippen LogP contribution in [0, 0.1) is 6.92 Å². The predicted molar refractivity (Wildman–Crippen MR) is 120 cm³/mol. The molecule has 0 fully saturated rings. The van der Waals surface area contributed by atoms with Crippen LogP contribution in [0.3, 0.4) is 0 Å². The predicted octanol–water partition coefficient (Wildman–Crippen LogP) is 4.03. The van der Waals surface area contributed by atoms with E-state index in [0.717, 1.165) is 11.1 Å². The Kier molecular flexibility index (Phi) is 7.01. The fraction of sp³-hybridized carbons (Fsp3) is 0.125. The zero-order chi connectivity index (χ0) is 22.2. The molecule has 3 rings (SSSR count). The van der Waals surface area contributed by atoms with Gasteiger partial charge in [0.2, 0.25) is 0 Å². The summed E-state index contributed by atoms with van der Waals surface area (Å²) < 4.78 is 10.4. The van der Waals surface area contributed by atoms with Crippen molar-refractivity contribution in [2.45, 2.75) is 6.92 Å². The molecule has 0 unspecified atom stereocenters. The number of carbonyl (C=O) groups is 2. The lowest BCUT2D eigenvalue weighted by molar-refractivity contribution is 0.0954. The summed E-state index contributed by atoms with van der Waals surface area (Å²) in [7, 11) is 3.11. The van der Waals surface area contributed by atoms with E-state index in [1.165, 1.54) is 6.21 Å². The highest BCUT2D eigenvalue weighted by Gasteiger charge is 2.08. The van der Waals surface area contributed by atoms with Gasteiger partial charge in [0.25, 0.3) is 11.8 Å². The van der Waals surface area contributed by atoms with E-state index < -0.39 is 0 Å². The van der Waals surface area contributed by atoms with E-state index in [1.807, 2.05) is 25.1 Å². The van der Waals surface area contributed by atoms with Gasteiger partial charge in [0.1, 0.15) is 0 Å². The number of aryl methyl sites for hydroxylation is 1. The minimum absolute atomic E-state index is 0.208. The van der Waals surface area contributed by atoms with Crippen molar-refractivity contribution in [1.29, 1.82) is 0 Å². The molecule has 7 nitrogen and oxygen atoms in total. The minimum Gasteiger partial charge on any atom is -0.493 e. The quantitative estimate of drug-likeness (QED) is 0.449. The largest absolute Gasteiger partial charge is 0.493 e. The van der Waals surface area contributed by atoms with E-state index in [9.17, 15) is 9.59 Å². The zero-order valence-electron chi connectivity index (χ0n) is 17.5. The van der Waals surface area contributed by atoms with Crippen molar-refractivity contribution in [1.82, 2.24) is 5.43 Å². The minimum atomic E-state index is -0.367. The second-order valence-electron chi connectivity index (χ2n) is 6.71. The Morgan fingerprint density at radius 2 is 1.58 bits per heavy atom. The van der Waals surface area contributed by atoms with E-state index in [2.05, 4.69) is 15.8 Å². The number of methoxy groups -OCH3 is 2. The molecule has 0 bridgehead atoms. The lowest BCUT2D eigenvalue weighted by atomic mass is 10.1. The number of anilines is 1. The third-order valence-corrected chi connectivity index (χ3v) is 4.47.